The minimum absolute atomic E-state index is 0.0601. The van der Waals surface area contributed by atoms with E-state index in [-0.39, 0.29) is 30.7 Å². The van der Waals surface area contributed by atoms with Gasteiger partial charge in [0.2, 0.25) is 5.91 Å². The van der Waals surface area contributed by atoms with E-state index in [1.54, 1.807) is 23.0 Å². The summed E-state index contributed by atoms with van der Waals surface area (Å²) in [5, 5.41) is 7.20. The lowest BCUT2D eigenvalue weighted by Gasteiger charge is -2.20. The molecule has 0 atom stereocenters. The van der Waals surface area contributed by atoms with E-state index in [4.69, 9.17) is 0 Å². The molecule has 0 unspecified atom stereocenters. The van der Waals surface area contributed by atoms with Crippen LogP contribution in [0.3, 0.4) is 0 Å². The van der Waals surface area contributed by atoms with Crippen LogP contribution in [0.15, 0.2) is 54.7 Å². The molecule has 0 aliphatic carbocycles. The van der Waals surface area contributed by atoms with Gasteiger partial charge in [0.25, 0.3) is 5.91 Å². The zero-order valence-corrected chi connectivity index (χ0v) is 18.1. The maximum absolute atomic E-state index is 13.2. The Morgan fingerprint density at radius 1 is 1.06 bits per heavy atom. The second-order valence-electron chi connectivity index (χ2n) is 7.33. The van der Waals surface area contributed by atoms with Gasteiger partial charge in [0.05, 0.1) is 29.7 Å². The van der Waals surface area contributed by atoms with Crippen LogP contribution in [0.1, 0.15) is 41.0 Å². The molecule has 162 valence electrons. The zero-order chi connectivity index (χ0) is 22.4. The summed E-state index contributed by atoms with van der Waals surface area (Å²) in [6.07, 6.45) is 2.20. The molecule has 0 bridgehead atoms. The lowest BCUT2D eigenvalue weighted by atomic mass is 10.1. The highest BCUT2D eigenvalue weighted by Crippen LogP contribution is 2.18. The molecule has 0 fully saturated rings. The predicted octanol–water partition coefficient (Wildman–Crippen LogP) is 3.66. The first-order valence-electron chi connectivity index (χ1n) is 10.4. The summed E-state index contributed by atoms with van der Waals surface area (Å²) in [6.45, 7) is 6.43. The Kier molecular flexibility index (Phi) is 7.18. The van der Waals surface area contributed by atoms with Crippen molar-refractivity contribution >= 4 is 11.8 Å². The van der Waals surface area contributed by atoms with Gasteiger partial charge < -0.3 is 10.2 Å². The quantitative estimate of drug-likeness (QED) is 0.602. The normalized spacial score (nSPS) is 10.7. The highest BCUT2D eigenvalue weighted by atomic mass is 19.1. The third-order valence-corrected chi connectivity index (χ3v) is 5.12. The molecule has 6 nitrogen and oxygen atoms in total. The summed E-state index contributed by atoms with van der Waals surface area (Å²) in [6, 6.07) is 13.9. The Morgan fingerprint density at radius 2 is 1.74 bits per heavy atom. The fraction of sp³-hybridized carbons (Fsp3) is 0.292. The van der Waals surface area contributed by atoms with E-state index >= 15 is 0 Å². The smallest absolute Gasteiger partial charge is 0.257 e. The van der Waals surface area contributed by atoms with Crippen LogP contribution in [0.5, 0.6) is 0 Å². The van der Waals surface area contributed by atoms with Crippen molar-refractivity contribution in [1.82, 2.24) is 20.0 Å². The minimum atomic E-state index is -0.323. The molecule has 2 amide bonds. The molecule has 3 aromatic rings. The number of amides is 2. The number of benzene rings is 2. The fourth-order valence-electron chi connectivity index (χ4n) is 3.33. The summed E-state index contributed by atoms with van der Waals surface area (Å²) >= 11 is 0. The van der Waals surface area contributed by atoms with Gasteiger partial charge >= 0.3 is 0 Å². The first-order valence-corrected chi connectivity index (χ1v) is 10.4. The third kappa shape index (κ3) is 5.36. The minimum Gasteiger partial charge on any atom is -0.350 e. The second-order valence-corrected chi connectivity index (χ2v) is 7.33. The van der Waals surface area contributed by atoms with Gasteiger partial charge in [0.1, 0.15) is 5.82 Å². The van der Waals surface area contributed by atoms with E-state index in [0.717, 1.165) is 22.5 Å². The van der Waals surface area contributed by atoms with Gasteiger partial charge in [-0.1, -0.05) is 36.8 Å². The Bertz CT molecular complexity index is 1040. The molecule has 1 aromatic heterocycles. The van der Waals surface area contributed by atoms with Crippen molar-refractivity contribution in [3.63, 3.8) is 0 Å². The Hall–Kier alpha value is -3.48. The molecule has 0 aliphatic rings. The summed E-state index contributed by atoms with van der Waals surface area (Å²) in [5.74, 6) is -0.825. The van der Waals surface area contributed by atoms with Crippen molar-refractivity contribution in [3.05, 3.63) is 82.9 Å². The molecular weight excluding hydrogens is 395 g/mol. The van der Waals surface area contributed by atoms with Crippen LogP contribution in [0, 0.1) is 12.7 Å². The lowest BCUT2D eigenvalue weighted by Crippen LogP contribution is -2.40. The number of halogens is 1. The van der Waals surface area contributed by atoms with Crippen LogP contribution < -0.4 is 5.32 Å². The van der Waals surface area contributed by atoms with E-state index in [2.05, 4.69) is 10.4 Å². The number of hydrogen-bond donors (Lipinski definition) is 1. The number of aromatic nitrogens is 2. The maximum atomic E-state index is 13.2. The molecule has 31 heavy (non-hydrogen) atoms. The Labute approximate surface area is 181 Å². The number of carbonyl (C=O) groups is 2. The van der Waals surface area contributed by atoms with E-state index in [0.29, 0.717) is 18.5 Å². The van der Waals surface area contributed by atoms with Crippen LogP contribution in [0.4, 0.5) is 4.39 Å². The van der Waals surface area contributed by atoms with Crippen LogP contribution in [0.25, 0.3) is 5.69 Å². The molecule has 0 spiro atoms. The molecule has 2 aromatic carbocycles. The number of rotatable bonds is 8. The van der Waals surface area contributed by atoms with Gasteiger partial charge in [-0.15, -0.1) is 0 Å². The van der Waals surface area contributed by atoms with Crippen molar-refractivity contribution in [2.75, 3.05) is 13.1 Å². The summed E-state index contributed by atoms with van der Waals surface area (Å²) in [5.41, 5.74) is 4.13. The van der Waals surface area contributed by atoms with Crippen molar-refractivity contribution < 1.29 is 14.0 Å². The second kappa shape index (κ2) is 10.0. The first kappa shape index (κ1) is 22.2. The van der Waals surface area contributed by atoms with Crippen LogP contribution in [-0.4, -0.2) is 39.6 Å². The van der Waals surface area contributed by atoms with Crippen molar-refractivity contribution in [3.8, 4) is 5.69 Å². The average Bonchev–Trinajstić information content (AvgIpc) is 3.21. The number of nitrogens with zero attached hydrogens (tertiary/aromatic N) is 3. The topological polar surface area (TPSA) is 67.2 Å². The van der Waals surface area contributed by atoms with E-state index in [9.17, 15) is 14.0 Å². The fourth-order valence-corrected chi connectivity index (χ4v) is 3.33. The van der Waals surface area contributed by atoms with Crippen molar-refractivity contribution in [2.24, 2.45) is 0 Å². The molecule has 0 aliphatic heterocycles. The average molecular weight is 423 g/mol. The van der Waals surface area contributed by atoms with Gasteiger partial charge in [-0.2, -0.15) is 5.10 Å². The molecule has 0 saturated carbocycles. The van der Waals surface area contributed by atoms with Crippen LogP contribution in [0.2, 0.25) is 0 Å². The molecular formula is C24H27FN4O2. The highest BCUT2D eigenvalue weighted by Gasteiger charge is 2.23. The van der Waals surface area contributed by atoms with Crippen LogP contribution in [-0.2, 0) is 17.8 Å². The maximum Gasteiger partial charge on any atom is 0.257 e. The van der Waals surface area contributed by atoms with E-state index in [1.807, 2.05) is 45.0 Å². The summed E-state index contributed by atoms with van der Waals surface area (Å²) in [4.78, 5) is 27.0. The third-order valence-electron chi connectivity index (χ3n) is 5.12. The number of carbonyl (C=O) groups excluding carboxylic acids is 2. The molecule has 3 rings (SSSR count). The van der Waals surface area contributed by atoms with Crippen LogP contribution >= 0.6 is 0 Å². The van der Waals surface area contributed by atoms with E-state index in [1.165, 1.54) is 17.0 Å². The molecule has 7 heteroatoms. The molecule has 1 heterocycles. The number of likely N-dealkylation sites (N-methyl/N-ethyl adjacent to an activating group) is 1. The monoisotopic (exact) mass is 422 g/mol. The Balaban J connectivity index is 1.70. The zero-order valence-electron chi connectivity index (χ0n) is 18.1. The van der Waals surface area contributed by atoms with Gasteiger partial charge in [0, 0.05) is 13.1 Å². The number of nitrogens with one attached hydrogen (secondary N) is 1. The van der Waals surface area contributed by atoms with E-state index < -0.39 is 0 Å². The van der Waals surface area contributed by atoms with Gasteiger partial charge in [-0.3, -0.25) is 9.59 Å². The largest absolute Gasteiger partial charge is 0.350 e. The SMILES string of the molecule is CCc1c(C(=O)N(CC)CC(=O)NCc2ccc(F)cc2)cnn1-c1ccc(C)cc1. The predicted molar refractivity (Wildman–Crippen MR) is 118 cm³/mol. The van der Waals surface area contributed by atoms with Gasteiger partial charge in [0.15, 0.2) is 0 Å². The first-order chi connectivity index (χ1) is 14.9. The highest BCUT2D eigenvalue weighted by molar-refractivity contribution is 5.97. The summed E-state index contributed by atoms with van der Waals surface area (Å²) < 4.78 is 14.8. The molecule has 0 saturated heterocycles. The van der Waals surface area contributed by atoms with Crippen molar-refractivity contribution in [2.45, 2.75) is 33.7 Å². The van der Waals surface area contributed by atoms with Crippen molar-refractivity contribution in [1.29, 1.82) is 0 Å². The Morgan fingerprint density at radius 3 is 2.35 bits per heavy atom. The number of aryl methyl sites for hydroxylation is 1. The standard InChI is InChI=1S/C24H27FN4O2/c1-4-22-21(15-27-29(22)20-12-6-17(3)7-13-20)24(31)28(5-2)16-23(30)26-14-18-8-10-19(25)11-9-18/h6-13,15H,4-5,14,16H2,1-3H3,(H,26,30). The van der Waals surface area contributed by atoms with Gasteiger partial charge in [-0.05, 0) is 50.1 Å². The summed E-state index contributed by atoms with van der Waals surface area (Å²) in [7, 11) is 0. The molecule has 0 radical (unpaired) electrons. The lowest BCUT2D eigenvalue weighted by molar-refractivity contribution is -0.121. The number of hydrogen-bond acceptors (Lipinski definition) is 3. The van der Waals surface area contributed by atoms with Gasteiger partial charge in [-0.25, -0.2) is 9.07 Å². The molecule has 1 N–H and O–H groups in total.